The molecule has 0 saturated carbocycles. The fourth-order valence-electron chi connectivity index (χ4n) is 2.73. The Morgan fingerprint density at radius 1 is 1.45 bits per heavy atom. The number of carbonyl (C=O) groups is 2. The van der Waals surface area contributed by atoms with Gasteiger partial charge in [0.2, 0.25) is 6.41 Å². The van der Waals surface area contributed by atoms with Crippen LogP contribution in [-0.2, 0) is 9.53 Å². The smallest absolute Gasteiger partial charge is 0.410 e. The fourth-order valence-corrected chi connectivity index (χ4v) is 2.73. The predicted octanol–water partition coefficient (Wildman–Crippen LogP) is 2.89. The molecule has 2 rings (SSSR count). The van der Waals surface area contributed by atoms with Crippen LogP contribution >= 0.6 is 0 Å². The summed E-state index contributed by atoms with van der Waals surface area (Å²) in [6.07, 6.45) is 11.1. The minimum Gasteiger partial charge on any atom is -0.444 e. The molecule has 1 aliphatic carbocycles. The predicted molar refractivity (Wildman–Crippen MR) is 84.9 cm³/mol. The van der Waals surface area contributed by atoms with Crippen molar-refractivity contribution in [3.63, 3.8) is 0 Å². The Kier molecular flexibility index (Phi) is 5.27. The molecule has 1 aliphatic heterocycles. The molecule has 1 unspecified atom stereocenters. The van der Waals surface area contributed by atoms with E-state index in [1.807, 2.05) is 45.4 Å². The summed E-state index contributed by atoms with van der Waals surface area (Å²) in [5.41, 5.74) is 0.410. The lowest BCUT2D eigenvalue weighted by molar-refractivity contribution is -0.119. The second kappa shape index (κ2) is 6.99. The number of likely N-dealkylation sites (tertiary alicyclic amines) is 1. The maximum Gasteiger partial charge on any atom is 0.410 e. The molecule has 2 amide bonds. The number of amides is 2. The highest BCUT2D eigenvalue weighted by Crippen LogP contribution is 2.23. The van der Waals surface area contributed by atoms with E-state index in [0.717, 1.165) is 31.4 Å². The third-order valence-electron chi connectivity index (χ3n) is 3.72. The molecule has 1 saturated heterocycles. The SMILES string of the molecule is CC(C)(C)OC(=O)N1CCCC(N(C=O)C2=CC[CH]C=C2)C1. The number of piperidine rings is 1. The summed E-state index contributed by atoms with van der Waals surface area (Å²) >= 11 is 0. The molecule has 0 aromatic carbocycles. The van der Waals surface area contributed by atoms with Gasteiger partial charge in [0.25, 0.3) is 0 Å². The molecule has 0 bridgehead atoms. The Labute approximate surface area is 132 Å². The second-order valence-electron chi connectivity index (χ2n) is 6.69. The molecule has 0 aromatic rings. The van der Waals surface area contributed by atoms with E-state index in [4.69, 9.17) is 4.74 Å². The molecule has 0 aromatic heterocycles. The first-order chi connectivity index (χ1) is 10.4. The standard InChI is InChI=1S/C17H25N2O3/c1-17(2,3)22-16(21)18-11-7-10-15(12-18)19(13-20)14-8-5-4-6-9-14/h4-5,8-9,13,15H,6-7,10-12H2,1-3H3. The molecule has 121 valence electrons. The third-order valence-corrected chi connectivity index (χ3v) is 3.72. The van der Waals surface area contributed by atoms with Crippen molar-refractivity contribution in [1.29, 1.82) is 0 Å². The number of ether oxygens (including phenoxy) is 1. The molecule has 0 N–H and O–H groups in total. The number of rotatable bonds is 3. The minimum absolute atomic E-state index is 0.00719. The maximum absolute atomic E-state index is 12.2. The van der Waals surface area contributed by atoms with Crippen molar-refractivity contribution in [2.24, 2.45) is 0 Å². The van der Waals surface area contributed by atoms with Crippen molar-refractivity contribution in [2.75, 3.05) is 13.1 Å². The number of allylic oxidation sites excluding steroid dienone is 3. The monoisotopic (exact) mass is 305 g/mol. The zero-order valence-corrected chi connectivity index (χ0v) is 13.6. The topological polar surface area (TPSA) is 49.9 Å². The van der Waals surface area contributed by atoms with E-state index in [1.54, 1.807) is 9.80 Å². The lowest BCUT2D eigenvalue weighted by Gasteiger charge is -2.38. The molecular formula is C17H25N2O3. The summed E-state index contributed by atoms with van der Waals surface area (Å²) in [4.78, 5) is 27.2. The van der Waals surface area contributed by atoms with Crippen LogP contribution in [0.4, 0.5) is 4.79 Å². The molecule has 0 spiro atoms. The largest absolute Gasteiger partial charge is 0.444 e. The van der Waals surface area contributed by atoms with Gasteiger partial charge in [0.05, 0.1) is 6.04 Å². The van der Waals surface area contributed by atoms with Crippen LogP contribution in [0.15, 0.2) is 23.9 Å². The zero-order chi connectivity index (χ0) is 16.2. The highest BCUT2D eigenvalue weighted by Gasteiger charge is 2.31. The van der Waals surface area contributed by atoms with E-state index in [9.17, 15) is 9.59 Å². The van der Waals surface area contributed by atoms with Gasteiger partial charge >= 0.3 is 6.09 Å². The first-order valence-electron chi connectivity index (χ1n) is 7.82. The zero-order valence-electron chi connectivity index (χ0n) is 13.6. The van der Waals surface area contributed by atoms with E-state index < -0.39 is 5.60 Å². The van der Waals surface area contributed by atoms with Gasteiger partial charge in [-0.3, -0.25) is 4.79 Å². The number of hydrogen-bond donors (Lipinski definition) is 0. The van der Waals surface area contributed by atoms with Crippen LogP contribution in [0.5, 0.6) is 0 Å². The van der Waals surface area contributed by atoms with E-state index in [2.05, 4.69) is 0 Å². The molecule has 22 heavy (non-hydrogen) atoms. The number of carbonyl (C=O) groups excluding carboxylic acids is 2. The van der Waals surface area contributed by atoms with E-state index >= 15 is 0 Å². The Bertz CT molecular complexity index is 477. The highest BCUT2D eigenvalue weighted by atomic mass is 16.6. The Hall–Kier alpha value is -1.78. The lowest BCUT2D eigenvalue weighted by Crippen LogP contribution is -2.50. The van der Waals surface area contributed by atoms with Crippen molar-refractivity contribution >= 4 is 12.5 Å². The van der Waals surface area contributed by atoms with E-state index in [-0.39, 0.29) is 12.1 Å². The van der Waals surface area contributed by atoms with Gasteiger partial charge in [-0.1, -0.05) is 12.2 Å². The first kappa shape index (κ1) is 16.6. The van der Waals surface area contributed by atoms with Gasteiger partial charge in [0.1, 0.15) is 5.60 Å². The summed E-state index contributed by atoms with van der Waals surface area (Å²) in [7, 11) is 0. The van der Waals surface area contributed by atoms with Gasteiger partial charge in [0.15, 0.2) is 0 Å². The van der Waals surface area contributed by atoms with E-state index in [1.165, 1.54) is 0 Å². The molecule has 1 atom stereocenters. The Balaban J connectivity index is 2.02. The molecule has 2 aliphatic rings. The van der Waals surface area contributed by atoms with Gasteiger partial charge < -0.3 is 14.5 Å². The Morgan fingerprint density at radius 3 is 2.82 bits per heavy atom. The van der Waals surface area contributed by atoms with Crippen LogP contribution < -0.4 is 0 Å². The average Bonchev–Trinajstić information content (AvgIpc) is 2.48. The first-order valence-corrected chi connectivity index (χ1v) is 7.82. The summed E-state index contributed by atoms with van der Waals surface area (Å²) < 4.78 is 5.43. The maximum atomic E-state index is 12.2. The highest BCUT2D eigenvalue weighted by molar-refractivity contribution is 5.68. The van der Waals surface area contributed by atoms with Gasteiger partial charge in [-0.15, -0.1) is 0 Å². The van der Waals surface area contributed by atoms with Crippen molar-refractivity contribution in [2.45, 2.75) is 51.7 Å². The van der Waals surface area contributed by atoms with Crippen LogP contribution in [-0.4, -0.2) is 47.0 Å². The molecular weight excluding hydrogens is 280 g/mol. The Morgan fingerprint density at radius 2 is 2.23 bits per heavy atom. The number of nitrogens with zero attached hydrogens (tertiary/aromatic N) is 2. The molecule has 1 radical (unpaired) electrons. The van der Waals surface area contributed by atoms with Gasteiger partial charge in [-0.25, -0.2) is 4.79 Å². The number of hydrogen-bond acceptors (Lipinski definition) is 3. The van der Waals surface area contributed by atoms with Crippen LogP contribution in [0, 0.1) is 6.42 Å². The van der Waals surface area contributed by atoms with Gasteiger partial charge in [0, 0.05) is 18.8 Å². The quantitative estimate of drug-likeness (QED) is 0.753. The van der Waals surface area contributed by atoms with Crippen LogP contribution in [0.1, 0.15) is 40.0 Å². The van der Waals surface area contributed by atoms with Gasteiger partial charge in [-0.05, 0) is 52.5 Å². The summed E-state index contributed by atoms with van der Waals surface area (Å²) in [5.74, 6) is 0. The molecule has 1 fully saturated rings. The summed E-state index contributed by atoms with van der Waals surface area (Å²) in [6.45, 7) is 6.78. The van der Waals surface area contributed by atoms with Crippen LogP contribution in [0.25, 0.3) is 0 Å². The minimum atomic E-state index is -0.501. The summed E-state index contributed by atoms with van der Waals surface area (Å²) in [5, 5.41) is 0. The van der Waals surface area contributed by atoms with Crippen molar-refractivity contribution in [3.05, 3.63) is 30.3 Å². The average molecular weight is 305 g/mol. The lowest BCUT2D eigenvalue weighted by atomic mass is 10.0. The van der Waals surface area contributed by atoms with Gasteiger partial charge in [-0.2, -0.15) is 0 Å². The molecule has 1 heterocycles. The van der Waals surface area contributed by atoms with Crippen molar-refractivity contribution in [3.8, 4) is 0 Å². The van der Waals surface area contributed by atoms with E-state index in [0.29, 0.717) is 13.1 Å². The van der Waals surface area contributed by atoms with Crippen LogP contribution in [0.3, 0.4) is 0 Å². The third kappa shape index (κ3) is 4.36. The summed E-state index contributed by atoms with van der Waals surface area (Å²) in [6, 6.07) is 0.00719. The van der Waals surface area contributed by atoms with Crippen LogP contribution in [0.2, 0.25) is 0 Å². The molecule has 5 heteroatoms. The normalized spacial score (nSPS) is 22.0. The van der Waals surface area contributed by atoms with Crippen molar-refractivity contribution in [1.82, 2.24) is 9.80 Å². The van der Waals surface area contributed by atoms with Crippen molar-refractivity contribution < 1.29 is 14.3 Å². The molecule has 5 nitrogen and oxygen atoms in total. The second-order valence-corrected chi connectivity index (χ2v) is 6.69. The fraction of sp³-hybridized carbons (Fsp3) is 0.588.